The van der Waals surface area contributed by atoms with Crippen molar-refractivity contribution in [2.24, 2.45) is 0 Å². The summed E-state index contributed by atoms with van der Waals surface area (Å²) in [5.41, 5.74) is 5.31. The summed E-state index contributed by atoms with van der Waals surface area (Å²) >= 11 is 0. The third-order valence-electron chi connectivity index (χ3n) is 5.72. The van der Waals surface area contributed by atoms with E-state index < -0.39 is 10.0 Å². The second-order valence-corrected chi connectivity index (χ2v) is 9.81. The number of anilines is 1. The molecule has 1 aliphatic heterocycles. The number of sulfonamides is 1. The van der Waals surface area contributed by atoms with Crippen molar-refractivity contribution in [1.29, 1.82) is 0 Å². The average Bonchev–Trinajstić information content (AvgIpc) is 2.75. The summed E-state index contributed by atoms with van der Waals surface area (Å²) in [6.45, 7) is 2.44. The first-order chi connectivity index (χ1) is 14.8. The molecule has 0 radical (unpaired) electrons. The SMILES string of the molecule is Cc1ccc(C(=O)N2CCc3ccccc3C2Cc2ccccc2)cc1NS(C)(=O)=O. The maximum absolute atomic E-state index is 13.6. The fourth-order valence-electron chi connectivity index (χ4n) is 4.18. The summed E-state index contributed by atoms with van der Waals surface area (Å²) in [6.07, 6.45) is 2.63. The van der Waals surface area contributed by atoms with E-state index in [4.69, 9.17) is 0 Å². The Labute approximate surface area is 183 Å². The van der Waals surface area contributed by atoms with Gasteiger partial charge in [0.05, 0.1) is 18.0 Å². The summed E-state index contributed by atoms with van der Waals surface area (Å²) < 4.78 is 26.0. The van der Waals surface area contributed by atoms with Gasteiger partial charge in [-0.2, -0.15) is 0 Å². The molecule has 160 valence electrons. The Morgan fingerprint density at radius 1 is 1.03 bits per heavy atom. The zero-order valence-corrected chi connectivity index (χ0v) is 18.5. The van der Waals surface area contributed by atoms with Gasteiger partial charge in [-0.25, -0.2) is 8.42 Å². The van der Waals surface area contributed by atoms with E-state index in [1.807, 2.05) is 42.2 Å². The molecule has 1 aliphatic rings. The Bertz CT molecular complexity index is 1210. The van der Waals surface area contributed by atoms with Crippen molar-refractivity contribution in [3.63, 3.8) is 0 Å². The molecule has 0 fully saturated rings. The average molecular weight is 435 g/mol. The van der Waals surface area contributed by atoms with Crippen LogP contribution in [0.4, 0.5) is 5.69 Å². The number of benzene rings is 3. The zero-order chi connectivity index (χ0) is 22.0. The van der Waals surface area contributed by atoms with E-state index in [1.165, 1.54) is 16.7 Å². The first-order valence-electron chi connectivity index (χ1n) is 10.3. The minimum Gasteiger partial charge on any atom is -0.331 e. The quantitative estimate of drug-likeness (QED) is 0.649. The molecule has 0 saturated carbocycles. The number of nitrogens with one attached hydrogen (secondary N) is 1. The van der Waals surface area contributed by atoms with E-state index in [9.17, 15) is 13.2 Å². The topological polar surface area (TPSA) is 66.5 Å². The van der Waals surface area contributed by atoms with Gasteiger partial charge in [0.2, 0.25) is 10.0 Å². The molecule has 0 spiro atoms. The highest BCUT2D eigenvalue weighted by atomic mass is 32.2. The molecule has 3 aromatic rings. The van der Waals surface area contributed by atoms with Crippen LogP contribution in [-0.4, -0.2) is 32.0 Å². The van der Waals surface area contributed by atoms with Gasteiger partial charge >= 0.3 is 0 Å². The van der Waals surface area contributed by atoms with Gasteiger partial charge in [-0.3, -0.25) is 9.52 Å². The van der Waals surface area contributed by atoms with Gasteiger partial charge in [-0.15, -0.1) is 0 Å². The smallest absolute Gasteiger partial charge is 0.254 e. The van der Waals surface area contributed by atoms with E-state index in [-0.39, 0.29) is 11.9 Å². The van der Waals surface area contributed by atoms with Crippen LogP contribution < -0.4 is 4.72 Å². The lowest BCUT2D eigenvalue weighted by Gasteiger charge is -2.38. The van der Waals surface area contributed by atoms with Crippen molar-refractivity contribution >= 4 is 21.6 Å². The van der Waals surface area contributed by atoms with Gasteiger partial charge in [-0.1, -0.05) is 60.7 Å². The summed E-state index contributed by atoms with van der Waals surface area (Å²) in [5.74, 6) is -0.0908. The van der Waals surface area contributed by atoms with Crippen LogP contribution in [0.3, 0.4) is 0 Å². The summed E-state index contributed by atoms with van der Waals surface area (Å²) in [7, 11) is -3.43. The predicted molar refractivity (Wildman–Crippen MR) is 124 cm³/mol. The Morgan fingerprint density at radius 2 is 1.74 bits per heavy atom. The minimum absolute atomic E-state index is 0.0764. The molecule has 0 saturated heterocycles. The van der Waals surface area contributed by atoms with E-state index >= 15 is 0 Å². The second-order valence-electron chi connectivity index (χ2n) is 8.06. The van der Waals surface area contributed by atoms with Crippen LogP contribution >= 0.6 is 0 Å². The first-order valence-corrected chi connectivity index (χ1v) is 12.2. The first kappa shape index (κ1) is 21.1. The number of fused-ring (bicyclic) bond motifs is 1. The fourth-order valence-corrected chi connectivity index (χ4v) is 4.80. The molecule has 0 aliphatic carbocycles. The van der Waals surface area contributed by atoms with Crippen LogP contribution in [0.1, 0.15) is 38.7 Å². The van der Waals surface area contributed by atoms with Gasteiger partial charge in [0.15, 0.2) is 0 Å². The monoisotopic (exact) mass is 434 g/mol. The molecular weight excluding hydrogens is 408 g/mol. The lowest BCUT2D eigenvalue weighted by Crippen LogP contribution is -2.41. The second kappa shape index (κ2) is 8.55. The van der Waals surface area contributed by atoms with Crippen LogP contribution in [0.5, 0.6) is 0 Å². The van der Waals surface area contributed by atoms with Crippen molar-refractivity contribution in [2.75, 3.05) is 17.5 Å². The molecule has 1 N–H and O–H groups in total. The molecule has 0 bridgehead atoms. The largest absolute Gasteiger partial charge is 0.331 e. The van der Waals surface area contributed by atoms with Crippen molar-refractivity contribution in [2.45, 2.75) is 25.8 Å². The third kappa shape index (κ3) is 4.80. The number of amides is 1. The Morgan fingerprint density at radius 3 is 2.48 bits per heavy atom. The van der Waals surface area contributed by atoms with Crippen molar-refractivity contribution in [3.05, 3.63) is 101 Å². The van der Waals surface area contributed by atoms with Gasteiger partial charge in [-0.05, 0) is 54.2 Å². The fraction of sp³-hybridized carbons (Fsp3) is 0.240. The van der Waals surface area contributed by atoms with Crippen LogP contribution in [0, 0.1) is 6.92 Å². The Kier molecular flexibility index (Phi) is 5.83. The Hall–Kier alpha value is -3.12. The molecule has 6 heteroatoms. The molecule has 1 heterocycles. The number of hydrogen-bond acceptors (Lipinski definition) is 3. The molecular formula is C25H26N2O3S. The molecule has 4 rings (SSSR count). The lowest BCUT2D eigenvalue weighted by molar-refractivity contribution is 0.0660. The van der Waals surface area contributed by atoms with Crippen LogP contribution in [0.2, 0.25) is 0 Å². The maximum Gasteiger partial charge on any atom is 0.254 e. The van der Waals surface area contributed by atoms with Crippen LogP contribution in [0.25, 0.3) is 0 Å². The maximum atomic E-state index is 13.6. The highest BCUT2D eigenvalue weighted by molar-refractivity contribution is 7.92. The lowest BCUT2D eigenvalue weighted by atomic mass is 9.88. The summed E-state index contributed by atoms with van der Waals surface area (Å²) in [4.78, 5) is 15.5. The van der Waals surface area contributed by atoms with Gasteiger partial charge in [0, 0.05) is 12.1 Å². The van der Waals surface area contributed by atoms with Crippen LogP contribution in [-0.2, 0) is 22.9 Å². The molecule has 3 aromatic carbocycles. The van der Waals surface area contributed by atoms with Crippen molar-refractivity contribution in [3.8, 4) is 0 Å². The van der Waals surface area contributed by atoms with E-state index in [1.54, 1.807) is 18.2 Å². The molecule has 1 unspecified atom stereocenters. The minimum atomic E-state index is -3.43. The molecule has 31 heavy (non-hydrogen) atoms. The number of hydrogen-bond donors (Lipinski definition) is 1. The molecule has 0 aromatic heterocycles. The number of carbonyl (C=O) groups excluding carboxylic acids is 1. The standard InChI is InChI=1S/C25H26N2O3S/c1-18-12-13-21(17-23(18)26-31(2,29)30)25(28)27-15-14-20-10-6-7-11-22(20)24(27)16-19-8-4-3-5-9-19/h3-13,17,24,26H,14-16H2,1-2H3. The van der Waals surface area contributed by atoms with Gasteiger partial charge in [0.25, 0.3) is 5.91 Å². The number of rotatable bonds is 5. The van der Waals surface area contributed by atoms with Gasteiger partial charge in [0.1, 0.15) is 0 Å². The highest BCUT2D eigenvalue weighted by Gasteiger charge is 2.31. The van der Waals surface area contributed by atoms with Crippen molar-refractivity contribution < 1.29 is 13.2 Å². The highest BCUT2D eigenvalue weighted by Crippen LogP contribution is 2.34. The predicted octanol–water partition coefficient (Wildman–Crippen LogP) is 4.35. The van der Waals surface area contributed by atoms with E-state index in [0.717, 1.165) is 24.7 Å². The molecule has 1 atom stereocenters. The molecule has 1 amide bonds. The summed E-state index contributed by atoms with van der Waals surface area (Å²) in [6, 6.07) is 23.6. The van der Waals surface area contributed by atoms with E-state index in [0.29, 0.717) is 17.8 Å². The normalized spacial score (nSPS) is 15.9. The van der Waals surface area contributed by atoms with E-state index in [2.05, 4.69) is 29.0 Å². The van der Waals surface area contributed by atoms with Crippen LogP contribution in [0.15, 0.2) is 72.8 Å². The third-order valence-corrected chi connectivity index (χ3v) is 6.32. The zero-order valence-electron chi connectivity index (χ0n) is 17.7. The Balaban J connectivity index is 1.70. The molecule has 5 nitrogen and oxygen atoms in total. The number of nitrogens with zero attached hydrogens (tertiary/aromatic N) is 1. The number of aryl methyl sites for hydroxylation is 1. The number of carbonyl (C=O) groups is 1. The van der Waals surface area contributed by atoms with Crippen molar-refractivity contribution in [1.82, 2.24) is 4.90 Å². The van der Waals surface area contributed by atoms with Gasteiger partial charge < -0.3 is 4.90 Å². The summed E-state index contributed by atoms with van der Waals surface area (Å²) in [5, 5.41) is 0.